The van der Waals surface area contributed by atoms with Crippen molar-refractivity contribution in [3.8, 4) is 0 Å². The maximum atomic E-state index is 12.4. The molecule has 0 bridgehead atoms. The summed E-state index contributed by atoms with van der Waals surface area (Å²) in [5.41, 5.74) is 1.28. The van der Waals surface area contributed by atoms with E-state index < -0.39 is 6.43 Å². The number of aromatic nitrogens is 1. The third-order valence-electron chi connectivity index (χ3n) is 2.27. The van der Waals surface area contributed by atoms with E-state index in [1.165, 1.54) is 4.90 Å². The van der Waals surface area contributed by atoms with Gasteiger partial charge in [-0.2, -0.15) is 4.98 Å². The number of para-hydroxylation sites is 2. The Hall–Kier alpha value is -1.17. The van der Waals surface area contributed by atoms with Crippen LogP contribution in [0.1, 0.15) is 0 Å². The highest BCUT2D eigenvalue weighted by Gasteiger charge is 2.17. The number of rotatable bonds is 5. The van der Waals surface area contributed by atoms with E-state index in [4.69, 9.17) is 4.42 Å². The van der Waals surface area contributed by atoms with Crippen LogP contribution in [0.2, 0.25) is 0 Å². The molecule has 0 amide bonds. The molecule has 6 heteroatoms. The molecule has 17 heavy (non-hydrogen) atoms. The second-order valence-electron chi connectivity index (χ2n) is 3.49. The van der Waals surface area contributed by atoms with Crippen LogP contribution in [0.15, 0.2) is 28.7 Å². The molecule has 1 aromatic heterocycles. The lowest BCUT2D eigenvalue weighted by Gasteiger charge is -2.18. The van der Waals surface area contributed by atoms with E-state index >= 15 is 0 Å². The summed E-state index contributed by atoms with van der Waals surface area (Å²) in [5.74, 6) is 0. The van der Waals surface area contributed by atoms with Crippen LogP contribution in [-0.2, 0) is 0 Å². The molecule has 1 aromatic carbocycles. The fourth-order valence-electron chi connectivity index (χ4n) is 1.53. The first-order chi connectivity index (χ1) is 8.20. The van der Waals surface area contributed by atoms with E-state index in [0.29, 0.717) is 23.0 Å². The number of anilines is 1. The number of hydrogen-bond acceptors (Lipinski definition) is 3. The zero-order valence-electron chi connectivity index (χ0n) is 8.94. The van der Waals surface area contributed by atoms with Crippen LogP contribution in [0.3, 0.4) is 0 Å². The molecule has 0 saturated carbocycles. The molecular formula is C11H11BrF2N2O. The summed E-state index contributed by atoms with van der Waals surface area (Å²) in [7, 11) is 0. The maximum absolute atomic E-state index is 12.4. The van der Waals surface area contributed by atoms with Gasteiger partial charge < -0.3 is 9.32 Å². The quantitative estimate of drug-likeness (QED) is 0.794. The fourth-order valence-corrected chi connectivity index (χ4v) is 1.96. The third-order valence-corrected chi connectivity index (χ3v) is 2.62. The van der Waals surface area contributed by atoms with Crippen LogP contribution in [-0.4, -0.2) is 29.8 Å². The largest absolute Gasteiger partial charge is 0.423 e. The molecular weight excluding hydrogens is 294 g/mol. The van der Waals surface area contributed by atoms with E-state index in [1.807, 2.05) is 12.1 Å². The maximum Gasteiger partial charge on any atom is 0.298 e. The van der Waals surface area contributed by atoms with Crippen LogP contribution in [0, 0.1) is 0 Å². The lowest BCUT2D eigenvalue weighted by Crippen LogP contribution is -2.30. The highest BCUT2D eigenvalue weighted by molar-refractivity contribution is 9.09. The first-order valence-electron chi connectivity index (χ1n) is 5.15. The number of fused-ring (bicyclic) bond motifs is 1. The summed E-state index contributed by atoms with van der Waals surface area (Å²) in [6.07, 6.45) is -2.41. The van der Waals surface area contributed by atoms with Gasteiger partial charge in [0.2, 0.25) is 0 Å². The zero-order chi connectivity index (χ0) is 12.3. The van der Waals surface area contributed by atoms with E-state index in [2.05, 4.69) is 20.9 Å². The minimum Gasteiger partial charge on any atom is -0.423 e. The zero-order valence-corrected chi connectivity index (χ0v) is 10.5. The van der Waals surface area contributed by atoms with Gasteiger partial charge in [0.15, 0.2) is 5.58 Å². The molecule has 0 radical (unpaired) electrons. The normalized spacial score (nSPS) is 11.3. The minimum atomic E-state index is -2.41. The van der Waals surface area contributed by atoms with Crippen molar-refractivity contribution >= 4 is 33.0 Å². The summed E-state index contributed by atoms with van der Waals surface area (Å²) in [6, 6.07) is 7.44. The van der Waals surface area contributed by atoms with E-state index in [-0.39, 0.29) is 12.6 Å². The number of nitrogens with zero attached hydrogens (tertiary/aromatic N) is 2. The fraction of sp³-hybridized carbons (Fsp3) is 0.364. The molecule has 1 heterocycles. The van der Waals surface area contributed by atoms with Crippen LogP contribution in [0.25, 0.3) is 11.1 Å². The number of alkyl halides is 3. The van der Waals surface area contributed by atoms with Crippen molar-refractivity contribution in [3.05, 3.63) is 24.3 Å². The second-order valence-corrected chi connectivity index (χ2v) is 4.28. The smallest absolute Gasteiger partial charge is 0.298 e. The average Bonchev–Trinajstić information content (AvgIpc) is 2.71. The summed E-state index contributed by atoms with van der Waals surface area (Å²) in [6.45, 7) is 0.0512. The van der Waals surface area contributed by atoms with Gasteiger partial charge in [-0.05, 0) is 12.1 Å². The van der Waals surface area contributed by atoms with Gasteiger partial charge in [-0.1, -0.05) is 28.1 Å². The van der Waals surface area contributed by atoms with Gasteiger partial charge in [0.1, 0.15) is 5.52 Å². The molecule has 2 rings (SSSR count). The summed E-state index contributed by atoms with van der Waals surface area (Å²) < 4.78 is 30.3. The van der Waals surface area contributed by atoms with Crippen LogP contribution >= 0.6 is 15.9 Å². The standard InChI is InChI=1S/C11H11BrF2N2O/c12-5-6-16(7-10(13)14)11-15-8-3-1-2-4-9(8)17-11/h1-4,10H,5-7H2. The van der Waals surface area contributed by atoms with Gasteiger partial charge in [0.25, 0.3) is 12.4 Å². The molecule has 92 valence electrons. The molecule has 0 aliphatic rings. The molecule has 0 fully saturated rings. The number of hydrogen-bond donors (Lipinski definition) is 0. The van der Waals surface area contributed by atoms with Gasteiger partial charge in [-0.15, -0.1) is 0 Å². The molecule has 0 saturated heterocycles. The Bertz CT molecular complexity index is 456. The van der Waals surface area contributed by atoms with Crippen molar-refractivity contribution in [3.63, 3.8) is 0 Å². The van der Waals surface area contributed by atoms with Crippen molar-refractivity contribution in [2.24, 2.45) is 0 Å². The molecule has 0 spiro atoms. The SMILES string of the molecule is FC(F)CN(CCBr)c1nc2ccccc2o1. The third kappa shape index (κ3) is 2.94. The van der Waals surface area contributed by atoms with Crippen molar-refractivity contribution in [2.75, 3.05) is 23.3 Å². The van der Waals surface area contributed by atoms with Gasteiger partial charge in [0.05, 0.1) is 6.54 Å². The average molecular weight is 305 g/mol. The van der Waals surface area contributed by atoms with E-state index in [9.17, 15) is 8.78 Å². The predicted molar refractivity (Wildman–Crippen MR) is 66.0 cm³/mol. The highest BCUT2D eigenvalue weighted by Crippen LogP contribution is 2.22. The molecule has 2 aromatic rings. The highest BCUT2D eigenvalue weighted by atomic mass is 79.9. The summed E-state index contributed by atoms with van der Waals surface area (Å²) in [5, 5.41) is 0.582. The lowest BCUT2D eigenvalue weighted by atomic mass is 10.3. The molecule has 0 unspecified atom stereocenters. The Morgan fingerprint density at radius 2 is 2.12 bits per heavy atom. The van der Waals surface area contributed by atoms with Crippen LogP contribution in [0.5, 0.6) is 0 Å². The molecule has 0 atom stereocenters. The first-order valence-corrected chi connectivity index (χ1v) is 6.27. The van der Waals surface area contributed by atoms with Crippen molar-refractivity contribution in [2.45, 2.75) is 6.43 Å². The topological polar surface area (TPSA) is 29.3 Å². The van der Waals surface area contributed by atoms with Crippen LogP contribution < -0.4 is 4.90 Å². The Kier molecular flexibility index (Phi) is 3.93. The molecule has 0 aliphatic heterocycles. The summed E-state index contributed by atoms with van der Waals surface area (Å²) in [4.78, 5) is 5.62. The molecule has 0 N–H and O–H groups in total. The Morgan fingerprint density at radius 3 is 2.76 bits per heavy atom. The predicted octanol–water partition coefficient (Wildman–Crippen LogP) is 3.29. The van der Waals surface area contributed by atoms with E-state index in [0.717, 1.165) is 0 Å². The van der Waals surface area contributed by atoms with Crippen molar-refractivity contribution < 1.29 is 13.2 Å². The van der Waals surface area contributed by atoms with Crippen LogP contribution in [0.4, 0.5) is 14.8 Å². The number of benzene rings is 1. The first kappa shape index (κ1) is 12.3. The van der Waals surface area contributed by atoms with Gasteiger partial charge in [-0.25, -0.2) is 8.78 Å². The summed E-state index contributed by atoms with van der Waals surface area (Å²) >= 11 is 3.23. The van der Waals surface area contributed by atoms with Gasteiger partial charge in [0, 0.05) is 11.9 Å². The number of halogens is 3. The minimum absolute atomic E-state index is 0.242. The lowest BCUT2D eigenvalue weighted by molar-refractivity contribution is 0.153. The van der Waals surface area contributed by atoms with Gasteiger partial charge >= 0.3 is 0 Å². The molecule has 0 aliphatic carbocycles. The van der Waals surface area contributed by atoms with Gasteiger partial charge in [-0.3, -0.25) is 0 Å². The molecule has 3 nitrogen and oxygen atoms in total. The Labute approximate surface area is 106 Å². The van der Waals surface area contributed by atoms with Crippen molar-refractivity contribution in [1.82, 2.24) is 4.98 Å². The Balaban J connectivity index is 2.27. The van der Waals surface area contributed by atoms with Crippen molar-refractivity contribution in [1.29, 1.82) is 0 Å². The Morgan fingerprint density at radius 1 is 1.35 bits per heavy atom. The second kappa shape index (κ2) is 5.44. The monoisotopic (exact) mass is 304 g/mol. The van der Waals surface area contributed by atoms with E-state index in [1.54, 1.807) is 12.1 Å². The number of oxazole rings is 1.